The number of carbonyl (C=O) groups excluding carboxylic acids is 1. The molecule has 0 aliphatic carbocycles. The highest BCUT2D eigenvalue weighted by molar-refractivity contribution is 5.99. The van der Waals surface area contributed by atoms with Crippen molar-refractivity contribution in [2.75, 3.05) is 6.54 Å². The largest absolute Gasteiger partial charge is 0.480 e. The summed E-state index contributed by atoms with van der Waals surface area (Å²) in [4.78, 5) is 25.1. The predicted octanol–water partition coefficient (Wildman–Crippen LogP) is 1.28. The molecule has 1 aromatic carbocycles. The lowest BCUT2D eigenvalue weighted by atomic mass is 10.0. The second kappa shape index (κ2) is 4.92. The number of aromatic amines is 1. The van der Waals surface area contributed by atoms with Gasteiger partial charge in [-0.3, -0.25) is 4.79 Å². The second-order valence-electron chi connectivity index (χ2n) is 4.94. The molecule has 0 saturated carbocycles. The molecule has 2 aromatic rings. The Labute approximate surface area is 115 Å². The molecule has 0 saturated heterocycles. The third kappa shape index (κ3) is 2.22. The number of aromatic nitrogens is 3. The molecule has 1 amide bonds. The minimum absolute atomic E-state index is 0.301. The van der Waals surface area contributed by atoms with Crippen LogP contribution >= 0.6 is 0 Å². The van der Waals surface area contributed by atoms with E-state index in [9.17, 15) is 14.7 Å². The molecule has 2 N–H and O–H groups in total. The molecule has 0 fully saturated rings. The Balaban J connectivity index is 2.39. The first-order valence-electron chi connectivity index (χ1n) is 6.23. The maximum atomic E-state index is 12.5. The average Bonchev–Trinajstić information content (AvgIpc) is 2.85. The lowest BCUT2D eigenvalue weighted by Crippen LogP contribution is -2.52. The maximum absolute atomic E-state index is 12.5. The molecule has 0 radical (unpaired) electrons. The standard InChI is InChI=1S/C13H16N4O3/c1-4-17(13(2,3)12(19)20)11(18)8-5-6-9-10(7-8)15-16-14-9/h5-7H,4H2,1-3H3,(H,19,20)(H,14,15,16). The van der Waals surface area contributed by atoms with Gasteiger partial charge in [-0.2, -0.15) is 15.4 Å². The number of benzene rings is 1. The molecule has 0 bridgehead atoms. The van der Waals surface area contributed by atoms with Gasteiger partial charge in [0.2, 0.25) is 0 Å². The number of H-pyrrole nitrogens is 1. The van der Waals surface area contributed by atoms with Crippen LogP contribution in [0.2, 0.25) is 0 Å². The lowest BCUT2D eigenvalue weighted by molar-refractivity contribution is -0.147. The number of aliphatic carboxylic acids is 1. The van der Waals surface area contributed by atoms with Crippen LogP contribution in [0.4, 0.5) is 0 Å². The van der Waals surface area contributed by atoms with E-state index in [0.717, 1.165) is 0 Å². The Morgan fingerprint density at radius 3 is 2.55 bits per heavy atom. The Bertz CT molecular complexity index is 662. The van der Waals surface area contributed by atoms with Gasteiger partial charge in [0.05, 0.1) is 0 Å². The molecule has 1 heterocycles. The number of carboxylic acid groups (broad SMARTS) is 1. The Hall–Kier alpha value is -2.44. The smallest absolute Gasteiger partial charge is 0.329 e. The van der Waals surface area contributed by atoms with Gasteiger partial charge in [-0.1, -0.05) is 0 Å². The monoisotopic (exact) mass is 276 g/mol. The molecule has 0 aliphatic heterocycles. The highest BCUT2D eigenvalue weighted by Gasteiger charge is 2.37. The van der Waals surface area contributed by atoms with E-state index >= 15 is 0 Å². The van der Waals surface area contributed by atoms with Crippen LogP contribution in [0.1, 0.15) is 31.1 Å². The molecule has 0 spiro atoms. The molecule has 7 nitrogen and oxygen atoms in total. The quantitative estimate of drug-likeness (QED) is 0.876. The minimum atomic E-state index is -1.27. The van der Waals surface area contributed by atoms with Crippen molar-refractivity contribution < 1.29 is 14.7 Å². The number of hydrogen-bond donors (Lipinski definition) is 2. The van der Waals surface area contributed by atoms with Gasteiger partial charge in [-0.05, 0) is 39.0 Å². The van der Waals surface area contributed by atoms with E-state index in [4.69, 9.17) is 0 Å². The number of hydrogen-bond acceptors (Lipinski definition) is 4. The molecule has 106 valence electrons. The minimum Gasteiger partial charge on any atom is -0.480 e. The lowest BCUT2D eigenvalue weighted by Gasteiger charge is -2.34. The number of nitrogens with one attached hydrogen (secondary N) is 1. The van der Waals surface area contributed by atoms with Crippen LogP contribution in [-0.2, 0) is 4.79 Å². The normalized spacial score (nSPS) is 11.6. The van der Waals surface area contributed by atoms with Crippen molar-refractivity contribution in [1.29, 1.82) is 0 Å². The van der Waals surface area contributed by atoms with Gasteiger partial charge in [-0.15, -0.1) is 0 Å². The van der Waals surface area contributed by atoms with Crippen molar-refractivity contribution in [2.45, 2.75) is 26.3 Å². The molecule has 0 aliphatic rings. The average molecular weight is 276 g/mol. The fourth-order valence-electron chi connectivity index (χ4n) is 2.04. The van der Waals surface area contributed by atoms with Gasteiger partial charge >= 0.3 is 5.97 Å². The van der Waals surface area contributed by atoms with Gasteiger partial charge in [0.15, 0.2) is 0 Å². The number of nitrogens with zero attached hydrogens (tertiary/aromatic N) is 3. The third-order valence-corrected chi connectivity index (χ3v) is 3.32. The first-order valence-corrected chi connectivity index (χ1v) is 6.23. The Morgan fingerprint density at radius 2 is 1.95 bits per heavy atom. The van der Waals surface area contributed by atoms with Crippen LogP contribution in [0, 0.1) is 0 Å². The number of rotatable bonds is 4. The third-order valence-electron chi connectivity index (χ3n) is 3.32. The van der Waals surface area contributed by atoms with Crippen LogP contribution in [0.5, 0.6) is 0 Å². The van der Waals surface area contributed by atoms with Crippen molar-refractivity contribution >= 4 is 22.9 Å². The van der Waals surface area contributed by atoms with E-state index in [1.54, 1.807) is 25.1 Å². The van der Waals surface area contributed by atoms with Crippen LogP contribution in [0.3, 0.4) is 0 Å². The molecule has 7 heteroatoms. The highest BCUT2D eigenvalue weighted by atomic mass is 16.4. The zero-order valence-corrected chi connectivity index (χ0v) is 11.5. The van der Waals surface area contributed by atoms with Crippen molar-refractivity contribution in [2.24, 2.45) is 0 Å². The summed E-state index contributed by atoms with van der Waals surface area (Å²) in [6, 6.07) is 4.89. The van der Waals surface area contributed by atoms with Gasteiger partial charge in [0, 0.05) is 12.1 Å². The summed E-state index contributed by atoms with van der Waals surface area (Å²) in [5.74, 6) is -1.39. The van der Waals surface area contributed by atoms with Crippen LogP contribution in [0.15, 0.2) is 18.2 Å². The summed E-state index contributed by atoms with van der Waals surface area (Å²) >= 11 is 0. The maximum Gasteiger partial charge on any atom is 0.329 e. The van der Waals surface area contributed by atoms with Gasteiger partial charge in [-0.25, -0.2) is 4.79 Å². The number of amides is 1. The second-order valence-corrected chi connectivity index (χ2v) is 4.94. The number of fused-ring (bicyclic) bond motifs is 1. The van der Waals surface area contributed by atoms with Crippen molar-refractivity contribution in [3.05, 3.63) is 23.8 Å². The van der Waals surface area contributed by atoms with Crippen molar-refractivity contribution in [3.8, 4) is 0 Å². The molecular weight excluding hydrogens is 260 g/mol. The highest BCUT2D eigenvalue weighted by Crippen LogP contribution is 2.20. The predicted molar refractivity (Wildman–Crippen MR) is 72.3 cm³/mol. The zero-order chi connectivity index (χ0) is 14.9. The van der Waals surface area contributed by atoms with Gasteiger partial charge in [0.1, 0.15) is 16.6 Å². The van der Waals surface area contributed by atoms with Crippen molar-refractivity contribution in [1.82, 2.24) is 20.3 Å². The molecule has 2 rings (SSSR count). The first-order chi connectivity index (χ1) is 9.37. The van der Waals surface area contributed by atoms with E-state index in [1.807, 2.05) is 0 Å². The van der Waals surface area contributed by atoms with Crippen LogP contribution in [0.25, 0.3) is 11.0 Å². The van der Waals surface area contributed by atoms with E-state index < -0.39 is 11.5 Å². The number of likely N-dealkylation sites (N-methyl/N-ethyl adjacent to an activating group) is 1. The SMILES string of the molecule is CCN(C(=O)c1ccc2n[nH]nc2c1)C(C)(C)C(=O)O. The number of carbonyl (C=O) groups is 2. The Kier molecular flexibility index (Phi) is 3.44. The molecule has 20 heavy (non-hydrogen) atoms. The van der Waals surface area contributed by atoms with Gasteiger partial charge in [0.25, 0.3) is 5.91 Å². The van der Waals surface area contributed by atoms with Gasteiger partial charge < -0.3 is 10.0 Å². The number of carboxylic acids is 1. The molecule has 0 unspecified atom stereocenters. The first kappa shape index (κ1) is 14.0. The van der Waals surface area contributed by atoms with E-state index in [0.29, 0.717) is 23.1 Å². The fraction of sp³-hybridized carbons (Fsp3) is 0.385. The van der Waals surface area contributed by atoms with E-state index in [1.165, 1.54) is 18.7 Å². The van der Waals surface area contributed by atoms with E-state index in [2.05, 4.69) is 15.4 Å². The molecular formula is C13H16N4O3. The molecule has 0 atom stereocenters. The summed E-state index contributed by atoms with van der Waals surface area (Å²) in [5.41, 5.74) is 0.342. The zero-order valence-electron chi connectivity index (χ0n) is 11.5. The van der Waals surface area contributed by atoms with Crippen LogP contribution < -0.4 is 0 Å². The molecule has 1 aromatic heterocycles. The fourth-order valence-corrected chi connectivity index (χ4v) is 2.04. The Morgan fingerprint density at radius 1 is 1.30 bits per heavy atom. The van der Waals surface area contributed by atoms with Crippen molar-refractivity contribution in [3.63, 3.8) is 0 Å². The summed E-state index contributed by atoms with van der Waals surface area (Å²) in [6.45, 7) is 5.06. The summed E-state index contributed by atoms with van der Waals surface area (Å²) in [6.07, 6.45) is 0. The topological polar surface area (TPSA) is 99.2 Å². The van der Waals surface area contributed by atoms with Crippen LogP contribution in [-0.4, -0.2) is 49.4 Å². The summed E-state index contributed by atoms with van der Waals surface area (Å²) < 4.78 is 0. The summed E-state index contributed by atoms with van der Waals surface area (Å²) in [7, 11) is 0. The summed E-state index contributed by atoms with van der Waals surface area (Å²) in [5, 5.41) is 19.6. The van der Waals surface area contributed by atoms with E-state index in [-0.39, 0.29) is 5.91 Å².